The molecule has 2 aromatic rings. The highest BCUT2D eigenvalue weighted by molar-refractivity contribution is 7.16. The molecule has 4 nitrogen and oxygen atoms in total. The molecular weight excluding hydrogens is 198 g/mol. The van der Waals surface area contributed by atoms with Crippen LogP contribution < -0.4 is 5.73 Å². The van der Waals surface area contributed by atoms with E-state index in [2.05, 4.69) is 10.1 Å². The summed E-state index contributed by atoms with van der Waals surface area (Å²) in [6.45, 7) is 0. The molecule has 1 heterocycles. The van der Waals surface area contributed by atoms with Gasteiger partial charge in [-0.25, -0.2) is 4.98 Å². The normalized spacial score (nSPS) is 12.1. The third-order valence-electron chi connectivity index (χ3n) is 1.94. The maximum absolute atomic E-state index is 8.47. The molecule has 5 heteroatoms. The molecule has 14 heavy (non-hydrogen) atoms. The third kappa shape index (κ3) is 1.54. The minimum Gasteiger partial charge on any atom is -0.409 e. The second-order valence-corrected chi connectivity index (χ2v) is 3.74. The molecule has 0 aliphatic carbocycles. The summed E-state index contributed by atoms with van der Waals surface area (Å²) >= 11 is 1.56. The average molecular weight is 207 g/mol. The van der Waals surface area contributed by atoms with Crippen LogP contribution in [0.5, 0.6) is 0 Å². The number of thiazole rings is 1. The second-order valence-electron chi connectivity index (χ2n) is 2.89. The highest BCUT2D eigenvalue weighted by Gasteiger charge is 2.04. The summed E-state index contributed by atoms with van der Waals surface area (Å²) in [5.74, 6) is 0.214. The van der Waals surface area contributed by atoms with Crippen LogP contribution in [0, 0.1) is 0 Å². The SMILES string of the molecule is N/C(Cc1cccc2ncsc12)=N\O. The highest BCUT2D eigenvalue weighted by Crippen LogP contribution is 2.22. The van der Waals surface area contributed by atoms with Crippen LogP contribution in [0.15, 0.2) is 28.9 Å². The van der Waals surface area contributed by atoms with Crippen molar-refractivity contribution in [3.8, 4) is 0 Å². The number of aromatic nitrogens is 1. The number of nitrogens with zero attached hydrogens (tertiary/aromatic N) is 2. The van der Waals surface area contributed by atoms with Gasteiger partial charge >= 0.3 is 0 Å². The first-order chi connectivity index (χ1) is 6.81. The Kier molecular flexibility index (Phi) is 2.32. The lowest BCUT2D eigenvalue weighted by molar-refractivity contribution is 0.317. The van der Waals surface area contributed by atoms with Gasteiger partial charge in [-0.15, -0.1) is 11.3 Å². The van der Waals surface area contributed by atoms with Gasteiger partial charge in [-0.1, -0.05) is 17.3 Å². The molecule has 0 unspecified atom stereocenters. The zero-order valence-corrected chi connectivity index (χ0v) is 8.16. The van der Waals surface area contributed by atoms with Gasteiger partial charge in [0.2, 0.25) is 0 Å². The molecule has 0 fully saturated rings. The largest absolute Gasteiger partial charge is 0.409 e. The van der Waals surface area contributed by atoms with E-state index in [-0.39, 0.29) is 5.84 Å². The van der Waals surface area contributed by atoms with Crippen LogP contribution >= 0.6 is 11.3 Å². The summed E-state index contributed by atoms with van der Waals surface area (Å²) in [5, 5.41) is 11.4. The van der Waals surface area contributed by atoms with Gasteiger partial charge in [-0.2, -0.15) is 0 Å². The van der Waals surface area contributed by atoms with Crippen LogP contribution in [0.1, 0.15) is 5.56 Å². The summed E-state index contributed by atoms with van der Waals surface area (Å²) in [6.07, 6.45) is 0.454. The van der Waals surface area contributed by atoms with Crippen molar-refractivity contribution in [3.05, 3.63) is 29.3 Å². The van der Waals surface area contributed by atoms with Crippen LogP contribution in [0.3, 0.4) is 0 Å². The first-order valence-electron chi connectivity index (χ1n) is 4.09. The fourth-order valence-electron chi connectivity index (χ4n) is 1.31. The van der Waals surface area contributed by atoms with Crippen LogP contribution in [0.2, 0.25) is 0 Å². The number of amidine groups is 1. The Morgan fingerprint density at radius 3 is 3.21 bits per heavy atom. The predicted molar refractivity (Wildman–Crippen MR) is 56.7 cm³/mol. The Morgan fingerprint density at radius 1 is 1.57 bits per heavy atom. The van der Waals surface area contributed by atoms with Crippen LogP contribution in [0.25, 0.3) is 10.2 Å². The monoisotopic (exact) mass is 207 g/mol. The molecule has 0 atom stereocenters. The van der Waals surface area contributed by atoms with Crippen LogP contribution in [-0.4, -0.2) is 16.0 Å². The van der Waals surface area contributed by atoms with E-state index in [9.17, 15) is 0 Å². The minimum absolute atomic E-state index is 0.214. The minimum atomic E-state index is 0.214. The Balaban J connectivity index is 2.46. The van der Waals surface area contributed by atoms with Gasteiger partial charge in [0.05, 0.1) is 15.7 Å². The van der Waals surface area contributed by atoms with E-state index in [0.717, 1.165) is 15.8 Å². The predicted octanol–water partition coefficient (Wildman–Crippen LogP) is 1.59. The fourth-order valence-corrected chi connectivity index (χ4v) is 2.12. The summed E-state index contributed by atoms with van der Waals surface area (Å²) in [6, 6.07) is 5.82. The van der Waals surface area contributed by atoms with E-state index in [1.165, 1.54) is 0 Å². The van der Waals surface area contributed by atoms with Crippen LogP contribution in [-0.2, 0) is 6.42 Å². The summed E-state index contributed by atoms with van der Waals surface area (Å²) in [4.78, 5) is 4.19. The van der Waals surface area contributed by atoms with Crippen LogP contribution in [0.4, 0.5) is 0 Å². The first kappa shape index (κ1) is 8.96. The lowest BCUT2D eigenvalue weighted by Crippen LogP contribution is -2.14. The molecule has 2 rings (SSSR count). The fraction of sp³-hybridized carbons (Fsp3) is 0.111. The van der Waals surface area contributed by atoms with E-state index in [4.69, 9.17) is 10.9 Å². The molecule has 0 amide bonds. The van der Waals surface area contributed by atoms with Gasteiger partial charge in [0.25, 0.3) is 0 Å². The topological polar surface area (TPSA) is 71.5 Å². The van der Waals surface area contributed by atoms with Crippen molar-refractivity contribution in [3.63, 3.8) is 0 Å². The van der Waals surface area contributed by atoms with Crippen molar-refractivity contribution >= 4 is 27.4 Å². The molecule has 0 aliphatic rings. The molecule has 3 N–H and O–H groups in total. The Morgan fingerprint density at radius 2 is 2.43 bits per heavy atom. The van der Waals surface area contributed by atoms with Crippen molar-refractivity contribution in [1.82, 2.24) is 4.98 Å². The lowest BCUT2D eigenvalue weighted by atomic mass is 10.1. The summed E-state index contributed by atoms with van der Waals surface area (Å²) < 4.78 is 1.10. The zero-order valence-electron chi connectivity index (χ0n) is 7.34. The van der Waals surface area contributed by atoms with E-state index in [1.807, 2.05) is 18.2 Å². The standard InChI is InChI=1S/C9H9N3OS/c10-8(12-13)4-6-2-1-3-7-9(6)14-5-11-7/h1-3,5,13H,4H2,(H2,10,12). The number of benzene rings is 1. The Bertz CT molecular complexity index is 478. The average Bonchev–Trinajstić information content (AvgIpc) is 2.66. The molecule has 1 aromatic carbocycles. The van der Waals surface area contributed by atoms with Crippen molar-refractivity contribution in [2.24, 2.45) is 10.9 Å². The first-order valence-corrected chi connectivity index (χ1v) is 4.96. The quantitative estimate of drug-likeness (QED) is 0.340. The molecule has 0 radical (unpaired) electrons. The number of hydrogen-bond acceptors (Lipinski definition) is 4. The summed E-state index contributed by atoms with van der Waals surface area (Å²) in [5.41, 5.74) is 9.24. The van der Waals surface area contributed by atoms with Gasteiger partial charge in [-0.05, 0) is 11.6 Å². The van der Waals surface area contributed by atoms with E-state index < -0.39 is 0 Å². The molecular formula is C9H9N3OS. The van der Waals surface area contributed by atoms with Gasteiger partial charge in [0, 0.05) is 6.42 Å². The van der Waals surface area contributed by atoms with Gasteiger partial charge in [0.1, 0.15) is 5.84 Å². The molecule has 1 aromatic heterocycles. The number of fused-ring (bicyclic) bond motifs is 1. The molecule has 0 spiro atoms. The number of nitrogens with two attached hydrogens (primary N) is 1. The highest BCUT2D eigenvalue weighted by atomic mass is 32.1. The second kappa shape index (κ2) is 3.63. The lowest BCUT2D eigenvalue weighted by Gasteiger charge is -1.99. The number of hydrogen-bond donors (Lipinski definition) is 2. The van der Waals surface area contributed by atoms with Crippen molar-refractivity contribution < 1.29 is 5.21 Å². The molecule has 0 saturated carbocycles. The molecule has 0 saturated heterocycles. The molecule has 0 aliphatic heterocycles. The number of oxime groups is 1. The van der Waals surface area contributed by atoms with Gasteiger partial charge in [0.15, 0.2) is 0 Å². The number of rotatable bonds is 2. The van der Waals surface area contributed by atoms with Gasteiger partial charge < -0.3 is 10.9 Å². The van der Waals surface area contributed by atoms with Gasteiger partial charge in [-0.3, -0.25) is 0 Å². The van der Waals surface area contributed by atoms with Crippen molar-refractivity contribution in [1.29, 1.82) is 0 Å². The van der Waals surface area contributed by atoms with E-state index >= 15 is 0 Å². The Labute approximate surface area is 84.7 Å². The summed E-state index contributed by atoms with van der Waals surface area (Å²) in [7, 11) is 0. The molecule has 0 bridgehead atoms. The van der Waals surface area contributed by atoms with Crippen molar-refractivity contribution in [2.45, 2.75) is 6.42 Å². The molecule has 72 valence electrons. The van der Waals surface area contributed by atoms with Crippen molar-refractivity contribution in [2.75, 3.05) is 0 Å². The zero-order chi connectivity index (χ0) is 9.97. The smallest absolute Gasteiger partial charge is 0.143 e. The maximum Gasteiger partial charge on any atom is 0.143 e. The third-order valence-corrected chi connectivity index (χ3v) is 2.86. The maximum atomic E-state index is 8.47. The van der Waals surface area contributed by atoms with E-state index in [1.54, 1.807) is 16.8 Å². The Hall–Kier alpha value is -1.62. The van der Waals surface area contributed by atoms with E-state index in [0.29, 0.717) is 6.42 Å².